The topological polar surface area (TPSA) is 128 Å². The Morgan fingerprint density at radius 3 is 2.41 bits per heavy atom. The first-order valence-electron chi connectivity index (χ1n) is 20.2. The Labute approximate surface area is 388 Å². The molecule has 19 heteroatoms. The molecule has 2 aliphatic heterocycles. The number of amides is 3. The second-order valence-electron chi connectivity index (χ2n) is 16.2. The van der Waals surface area contributed by atoms with Gasteiger partial charge in [0.05, 0.1) is 22.7 Å². The summed E-state index contributed by atoms with van der Waals surface area (Å²) in [6.07, 6.45) is 3.99. The average molecular weight is 970 g/mol. The van der Waals surface area contributed by atoms with Gasteiger partial charge in [0.2, 0.25) is 15.6 Å². The van der Waals surface area contributed by atoms with Crippen LogP contribution >= 0.6 is 58.0 Å². The Morgan fingerprint density at radius 2 is 1.75 bits per heavy atom. The minimum absolute atomic E-state index is 0.00746. The Morgan fingerprint density at radius 1 is 1.00 bits per heavy atom. The quantitative estimate of drug-likeness (QED) is 0.0690. The summed E-state index contributed by atoms with van der Waals surface area (Å²) in [5, 5.41) is 3.91. The second kappa shape index (κ2) is 19.1. The fraction of sp³-hybridized carbons (Fsp3) is 0.432. The van der Waals surface area contributed by atoms with Gasteiger partial charge in [-0.25, -0.2) is 18.6 Å². The molecule has 2 unspecified atom stereocenters. The summed E-state index contributed by atoms with van der Waals surface area (Å²) in [7, 11) is 1.65. The summed E-state index contributed by atoms with van der Waals surface area (Å²) in [6.45, 7) is 5.16. The summed E-state index contributed by atoms with van der Waals surface area (Å²) in [6, 6.07) is 10.7. The van der Waals surface area contributed by atoms with Gasteiger partial charge in [0, 0.05) is 75.2 Å². The van der Waals surface area contributed by atoms with E-state index >= 15 is 4.79 Å². The Bertz CT molecular complexity index is 2410. The molecule has 1 saturated carbocycles. The Kier molecular flexibility index (Phi) is 14.2. The van der Waals surface area contributed by atoms with Crippen LogP contribution in [0, 0.1) is 11.6 Å². The predicted octanol–water partition coefficient (Wildman–Crippen LogP) is 10.0. The molecule has 0 radical (unpaired) electrons. The smallest absolute Gasteiger partial charge is 0.411 e. The van der Waals surface area contributed by atoms with Gasteiger partial charge in [-0.3, -0.25) is 14.5 Å². The minimum Gasteiger partial charge on any atom is -0.469 e. The number of carbonyl (C=O) groups is 3. The number of aromatic nitrogens is 2. The molecule has 2 aromatic heterocycles. The van der Waals surface area contributed by atoms with Crippen molar-refractivity contribution in [3.8, 4) is 17.1 Å². The number of rotatable bonds is 14. The van der Waals surface area contributed by atoms with Gasteiger partial charge >= 0.3 is 6.09 Å². The molecule has 3 amide bonds. The van der Waals surface area contributed by atoms with Crippen molar-refractivity contribution in [2.45, 2.75) is 93.5 Å². The van der Waals surface area contributed by atoms with Gasteiger partial charge < -0.3 is 28.5 Å². The van der Waals surface area contributed by atoms with Crippen molar-refractivity contribution in [1.82, 2.24) is 24.8 Å². The molecule has 63 heavy (non-hydrogen) atoms. The van der Waals surface area contributed by atoms with Crippen LogP contribution in [0.1, 0.15) is 68.9 Å². The molecular weight excluding hydrogens is 926 g/mol. The van der Waals surface area contributed by atoms with E-state index in [0.717, 1.165) is 48.9 Å². The lowest BCUT2D eigenvalue weighted by Gasteiger charge is -2.51. The molecule has 4 aromatic rings. The lowest BCUT2D eigenvalue weighted by molar-refractivity contribution is -0.136. The van der Waals surface area contributed by atoms with Gasteiger partial charge in [-0.05, 0) is 92.5 Å². The number of alkyl halides is 3. The van der Waals surface area contributed by atoms with Gasteiger partial charge in [0.1, 0.15) is 17.3 Å². The Balaban J connectivity index is 1.24. The molecule has 1 saturated heterocycles. The molecule has 2 fully saturated rings. The zero-order valence-electron chi connectivity index (χ0n) is 34.7. The van der Waals surface area contributed by atoms with Crippen molar-refractivity contribution in [1.29, 1.82) is 0 Å². The third-order valence-corrected chi connectivity index (χ3v) is 13.5. The van der Waals surface area contributed by atoms with Gasteiger partial charge in [-0.15, -0.1) is 0 Å². The Hall–Kier alpha value is -4.18. The summed E-state index contributed by atoms with van der Waals surface area (Å²) in [5.74, 6) is -1.78. The van der Waals surface area contributed by atoms with Crippen molar-refractivity contribution in [3.05, 3.63) is 104 Å². The highest BCUT2D eigenvalue weighted by atomic mass is 35.6. The summed E-state index contributed by atoms with van der Waals surface area (Å²) in [5.41, 5.74) is 1.48. The summed E-state index contributed by atoms with van der Waals surface area (Å²) >= 11 is 31.5. The predicted molar refractivity (Wildman–Crippen MR) is 235 cm³/mol. The van der Waals surface area contributed by atoms with Crippen LogP contribution < -0.4 is 4.74 Å². The van der Waals surface area contributed by atoms with E-state index in [1.807, 2.05) is 18.2 Å². The lowest BCUT2D eigenvalue weighted by Crippen LogP contribution is -2.66. The van der Waals surface area contributed by atoms with Crippen LogP contribution in [-0.2, 0) is 38.6 Å². The van der Waals surface area contributed by atoms with Crippen molar-refractivity contribution in [2.24, 2.45) is 0 Å². The molecular formula is C44H44Cl5F2N5O7. The van der Waals surface area contributed by atoms with Crippen LogP contribution in [0.25, 0.3) is 16.8 Å². The third kappa shape index (κ3) is 10.4. The molecule has 12 nitrogen and oxygen atoms in total. The van der Waals surface area contributed by atoms with Crippen molar-refractivity contribution in [2.75, 3.05) is 26.8 Å². The normalized spacial score (nSPS) is 17.8. The number of hydrogen-bond donors (Lipinski definition) is 0. The maximum Gasteiger partial charge on any atom is 0.411 e. The first-order chi connectivity index (χ1) is 29.9. The number of hydrogen-bond acceptors (Lipinski definition) is 9. The molecule has 2 bridgehead atoms. The largest absolute Gasteiger partial charge is 0.469 e. The molecule has 4 heterocycles. The highest BCUT2D eigenvalue weighted by Crippen LogP contribution is 2.45. The van der Waals surface area contributed by atoms with Gasteiger partial charge in [0.15, 0.2) is 18.0 Å². The number of halogens is 7. The minimum atomic E-state index is -1.99. The van der Waals surface area contributed by atoms with Crippen LogP contribution in [0.2, 0.25) is 10.0 Å². The number of fused-ring (bicyclic) bond motifs is 2. The van der Waals surface area contributed by atoms with Gasteiger partial charge in [-0.2, -0.15) is 0 Å². The SMILES string of the molecule is COCCCc1ccc(Cl)c(CN(C(=O)C2=C(c3ccc(OCc4cc(-c5c(F)ccc(F)c5Cl)no4)nc3)CC3CN(C(C)=O)CC2N3C(=O)OC(C)(C)C(Cl)(Cl)Cl)C2CC2)c1. The fourth-order valence-electron chi connectivity index (χ4n) is 7.78. The van der Waals surface area contributed by atoms with Gasteiger partial charge in [0.25, 0.3) is 5.91 Å². The molecule has 336 valence electrons. The van der Waals surface area contributed by atoms with E-state index in [-0.39, 0.29) is 79.0 Å². The molecule has 0 spiro atoms. The first kappa shape index (κ1) is 46.8. The highest BCUT2D eigenvalue weighted by Gasteiger charge is 2.52. The number of methoxy groups -OCH3 is 1. The molecule has 1 aliphatic carbocycles. The van der Waals surface area contributed by atoms with Crippen LogP contribution in [-0.4, -0.2) is 97.1 Å². The molecule has 2 atom stereocenters. The average Bonchev–Trinajstić information content (AvgIpc) is 3.97. The number of carbonyl (C=O) groups excluding carboxylic acids is 3. The number of ether oxygens (including phenoxy) is 3. The summed E-state index contributed by atoms with van der Waals surface area (Å²) in [4.78, 5) is 52.1. The maximum atomic E-state index is 15.4. The van der Waals surface area contributed by atoms with E-state index in [1.165, 1.54) is 31.7 Å². The van der Waals surface area contributed by atoms with Crippen molar-refractivity contribution < 1.29 is 41.9 Å². The van der Waals surface area contributed by atoms with Crippen molar-refractivity contribution >= 4 is 81.5 Å². The van der Waals surface area contributed by atoms with E-state index in [4.69, 9.17) is 76.7 Å². The van der Waals surface area contributed by atoms with E-state index in [9.17, 15) is 18.4 Å². The van der Waals surface area contributed by atoms with Crippen molar-refractivity contribution in [3.63, 3.8) is 0 Å². The zero-order valence-corrected chi connectivity index (χ0v) is 38.5. The first-order valence-corrected chi connectivity index (χ1v) is 22.1. The number of pyridine rings is 1. The maximum absolute atomic E-state index is 15.4. The molecule has 0 N–H and O–H groups in total. The van der Waals surface area contributed by atoms with Crippen LogP contribution in [0.4, 0.5) is 13.6 Å². The number of benzene rings is 2. The molecule has 3 aliphatic rings. The number of aryl methyl sites for hydroxylation is 1. The molecule has 2 aromatic carbocycles. The standard InChI is InChI=1S/C44H44Cl5F2N5O7/c1-24(57)54-21-29-17-31(26-8-14-37(52-19-26)61-23-30-18-35(53-63-30)39-33(50)12-13-34(51)40(39)46)38(36(22-54)56(29)42(59)62-43(2,3)44(47,48)49)41(58)55(28-9-10-28)20-27-16-25(6-5-15-60-4)7-11-32(27)45/h7-8,11-14,16,18-19,28-29,36H,5-6,9-10,15,17,20-23H2,1-4H3. The highest BCUT2D eigenvalue weighted by molar-refractivity contribution is 6.68. The lowest BCUT2D eigenvalue weighted by atomic mass is 9.81. The van der Waals surface area contributed by atoms with Gasteiger partial charge in [-0.1, -0.05) is 75.3 Å². The number of piperazine rings is 1. The van der Waals surface area contributed by atoms with Crippen LogP contribution in [0.5, 0.6) is 5.88 Å². The van der Waals surface area contributed by atoms with Crippen LogP contribution in [0.15, 0.2) is 64.8 Å². The monoisotopic (exact) mass is 967 g/mol. The fourth-order valence-corrected chi connectivity index (χ4v) is 8.32. The van der Waals surface area contributed by atoms with Crippen LogP contribution in [0.3, 0.4) is 0 Å². The van der Waals surface area contributed by atoms with E-state index in [1.54, 1.807) is 35.2 Å². The summed E-state index contributed by atoms with van der Waals surface area (Å²) < 4.78 is 49.0. The van der Waals surface area contributed by atoms with E-state index < -0.39 is 44.2 Å². The van der Waals surface area contributed by atoms with E-state index in [0.29, 0.717) is 22.8 Å². The second-order valence-corrected chi connectivity index (χ2v) is 19.3. The molecule has 7 rings (SSSR count). The van der Waals surface area contributed by atoms with E-state index in [2.05, 4.69) is 10.1 Å². The zero-order chi connectivity index (χ0) is 45.4. The third-order valence-electron chi connectivity index (χ3n) is 11.4. The number of nitrogens with zero attached hydrogens (tertiary/aromatic N) is 5.